The first kappa shape index (κ1) is 14.6. The van der Waals surface area contributed by atoms with Gasteiger partial charge in [-0.15, -0.1) is 0 Å². The van der Waals surface area contributed by atoms with Crippen molar-refractivity contribution in [3.63, 3.8) is 0 Å². The number of likely N-dealkylation sites (N-methyl/N-ethyl adjacent to an activating group) is 2. The van der Waals surface area contributed by atoms with Gasteiger partial charge in [-0.2, -0.15) is 0 Å². The molecule has 0 bridgehead atoms. The maximum Gasteiger partial charge on any atom is 0.289 e. The average molecular weight is 278 g/mol. The van der Waals surface area contributed by atoms with Crippen LogP contribution in [0.15, 0.2) is 22.8 Å². The first-order chi connectivity index (χ1) is 9.59. The Balaban J connectivity index is 1.88. The van der Waals surface area contributed by atoms with E-state index in [-0.39, 0.29) is 24.1 Å². The number of hydrogen-bond donors (Lipinski definition) is 0. The third kappa shape index (κ3) is 3.40. The monoisotopic (exact) mass is 278 g/mol. The molecule has 20 heavy (non-hydrogen) atoms. The third-order valence-electron chi connectivity index (χ3n) is 3.97. The lowest BCUT2D eigenvalue weighted by atomic mass is 9.94. The predicted octanol–water partition coefficient (Wildman–Crippen LogP) is 2.14. The van der Waals surface area contributed by atoms with E-state index in [0.29, 0.717) is 6.04 Å². The van der Waals surface area contributed by atoms with Crippen molar-refractivity contribution in [2.24, 2.45) is 0 Å². The summed E-state index contributed by atoms with van der Waals surface area (Å²) in [6, 6.07) is 3.59. The topological polar surface area (TPSA) is 53.8 Å². The number of amides is 2. The van der Waals surface area contributed by atoms with Crippen molar-refractivity contribution in [3.8, 4) is 0 Å². The van der Waals surface area contributed by atoms with Crippen LogP contribution in [0.3, 0.4) is 0 Å². The first-order valence-electron chi connectivity index (χ1n) is 7.14. The fraction of sp³-hybridized carbons (Fsp3) is 0.600. The molecule has 1 heterocycles. The molecule has 0 radical (unpaired) electrons. The summed E-state index contributed by atoms with van der Waals surface area (Å²) in [6.45, 7) is 0.0898. The maximum absolute atomic E-state index is 12.2. The highest BCUT2D eigenvalue weighted by Crippen LogP contribution is 2.21. The molecule has 0 atom stereocenters. The Hall–Kier alpha value is -1.78. The van der Waals surface area contributed by atoms with Crippen molar-refractivity contribution in [3.05, 3.63) is 24.2 Å². The summed E-state index contributed by atoms with van der Waals surface area (Å²) in [7, 11) is 3.46. The van der Waals surface area contributed by atoms with Gasteiger partial charge in [0.1, 0.15) is 0 Å². The molecule has 0 saturated heterocycles. The van der Waals surface area contributed by atoms with Crippen LogP contribution in [0.25, 0.3) is 0 Å². The molecule has 0 unspecified atom stereocenters. The Kier molecular flexibility index (Phi) is 4.82. The minimum absolute atomic E-state index is 0.0145. The smallest absolute Gasteiger partial charge is 0.289 e. The van der Waals surface area contributed by atoms with Crippen LogP contribution in [0.4, 0.5) is 0 Å². The number of carbonyl (C=O) groups excluding carboxylic acids is 2. The molecule has 2 amide bonds. The minimum Gasteiger partial charge on any atom is -0.459 e. The molecule has 110 valence electrons. The van der Waals surface area contributed by atoms with Gasteiger partial charge in [0.2, 0.25) is 5.91 Å². The first-order valence-corrected chi connectivity index (χ1v) is 7.14. The fourth-order valence-electron chi connectivity index (χ4n) is 2.65. The fourth-order valence-corrected chi connectivity index (χ4v) is 2.65. The van der Waals surface area contributed by atoms with Crippen LogP contribution in [0.1, 0.15) is 42.7 Å². The zero-order valence-electron chi connectivity index (χ0n) is 12.2. The van der Waals surface area contributed by atoms with Crippen LogP contribution in [-0.2, 0) is 4.79 Å². The standard InChI is InChI=1S/C15H22N2O3/c1-16(15(19)13-9-6-10-20-13)11-14(18)17(2)12-7-4-3-5-8-12/h6,9-10,12H,3-5,7-8,11H2,1-2H3. The lowest BCUT2D eigenvalue weighted by molar-refractivity contribution is -0.133. The Morgan fingerprint density at radius 2 is 1.95 bits per heavy atom. The molecule has 0 spiro atoms. The second-order valence-electron chi connectivity index (χ2n) is 5.43. The highest BCUT2D eigenvalue weighted by Gasteiger charge is 2.24. The lowest BCUT2D eigenvalue weighted by Crippen LogP contribution is -2.44. The van der Waals surface area contributed by atoms with Gasteiger partial charge in [-0.3, -0.25) is 9.59 Å². The molecule has 1 fully saturated rings. The van der Waals surface area contributed by atoms with E-state index in [1.54, 1.807) is 24.1 Å². The molecule has 5 nitrogen and oxygen atoms in total. The Labute approximate surface area is 119 Å². The van der Waals surface area contributed by atoms with Crippen LogP contribution < -0.4 is 0 Å². The normalized spacial score (nSPS) is 15.9. The summed E-state index contributed by atoms with van der Waals surface area (Å²) in [5, 5.41) is 0. The van der Waals surface area contributed by atoms with Crippen LogP contribution in [0, 0.1) is 0 Å². The molecule has 1 aromatic heterocycles. The highest BCUT2D eigenvalue weighted by molar-refractivity contribution is 5.94. The van der Waals surface area contributed by atoms with Crippen LogP contribution in [-0.4, -0.2) is 48.3 Å². The molecule has 1 aromatic rings. The van der Waals surface area contributed by atoms with Crippen molar-refractivity contribution in [1.29, 1.82) is 0 Å². The van der Waals surface area contributed by atoms with E-state index in [1.807, 2.05) is 7.05 Å². The molecular weight excluding hydrogens is 256 g/mol. The van der Waals surface area contributed by atoms with Gasteiger partial charge in [0.15, 0.2) is 5.76 Å². The molecule has 0 aromatic carbocycles. The van der Waals surface area contributed by atoms with E-state index in [2.05, 4.69) is 0 Å². The van der Waals surface area contributed by atoms with Crippen molar-refractivity contribution in [1.82, 2.24) is 9.80 Å². The van der Waals surface area contributed by atoms with Crippen molar-refractivity contribution >= 4 is 11.8 Å². The van der Waals surface area contributed by atoms with E-state index in [9.17, 15) is 9.59 Å². The quantitative estimate of drug-likeness (QED) is 0.848. The highest BCUT2D eigenvalue weighted by atomic mass is 16.3. The molecule has 2 rings (SSSR count). The molecule has 1 aliphatic carbocycles. The van der Waals surface area contributed by atoms with E-state index in [4.69, 9.17) is 4.42 Å². The molecule has 1 aliphatic rings. The van der Waals surface area contributed by atoms with Crippen molar-refractivity contribution in [2.45, 2.75) is 38.1 Å². The molecule has 0 aliphatic heterocycles. The molecule has 1 saturated carbocycles. The zero-order valence-corrected chi connectivity index (χ0v) is 12.2. The van der Waals surface area contributed by atoms with Gasteiger partial charge in [0.05, 0.1) is 12.8 Å². The second kappa shape index (κ2) is 6.59. The van der Waals surface area contributed by atoms with E-state index < -0.39 is 0 Å². The SMILES string of the molecule is CN(CC(=O)N(C)C1CCCCC1)C(=O)c1ccco1. The predicted molar refractivity (Wildman–Crippen MR) is 75.3 cm³/mol. The van der Waals surface area contributed by atoms with E-state index in [1.165, 1.54) is 30.4 Å². The lowest BCUT2D eigenvalue weighted by Gasteiger charge is -2.32. The van der Waals surface area contributed by atoms with Crippen molar-refractivity contribution in [2.75, 3.05) is 20.6 Å². The number of carbonyl (C=O) groups is 2. The summed E-state index contributed by atoms with van der Waals surface area (Å²) in [6.07, 6.45) is 7.22. The van der Waals surface area contributed by atoms with Gasteiger partial charge in [-0.1, -0.05) is 19.3 Å². The summed E-state index contributed by atoms with van der Waals surface area (Å²) < 4.78 is 5.06. The van der Waals surface area contributed by atoms with Crippen LogP contribution in [0.5, 0.6) is 0 Å². The summed E-state index contributed by atoms with van der Waals surface area (Å²) in [5.41, 5.74) is 0. The van der Waals surface area contributed by atoms with Gasteiger partial charge in [-0.25, -0.2) is 0 Å². The number of nitrogens with zero attached hydrogens (tertiary/aromatic N) is 2. The minimum atomic E-state index is -0.264. The molecule has 0 N–H and O–H groups in total. The maximum atomic E-state index is 12.2. The van der Waals surface area contributed by atoms with Gasteiger partial charge in [0, 0.05) is 20.1 Å². The Bertz CT molecular complexity index is 450. The van der Waals surface area contributed by atoms with E-state index >= 15 is 0 Å². The molecular formula is C15H22N2O3. The summed E-state index contributed by atoms with van der Waals surface area (Å²) in [5.74, 6) is -0.0136. The largest absolute Gasteiger partial charge is 0.459 e. The Morgan fingerprint density at radius 1 is 1.25 bits per heavy atom. The van der Waals surface area contributed by atoms with Crippen molar-refractivity contribution < 1.29 is 14.0 Å². The van der Waals surface area contributed by atoms with Gasteiger partial charge in [-0.05, 0) is 25.0 Å². The average Bonchev–Trinajstić information content (AvgIpc) is 3.00. The summed E-state index contributed by atoms with van der Waals surface area (Å²) in [4.78, 5) is 27.4. The van der Waals surface area contributed by atoms with Gasteiger partial charge >= 0.3 is 0 Å². The Morgan fingerprint density at radius 3 is 2.55 bits per heavy atom. The molecule has 5 heteroatoms. The zero-order chi connectivity index (χ0) is 14.5. The van der Waals surface area contributed by atoms with Gasteiger partial charge < -0.3 is 14.2 Å². The van der Waals surface area contributed by atoms with Crippen LogP contribution >= 0.6 is 0 Å². The van der Waals surface area contributed by atoms with Gasteiger partial charge in [0.25, 0.3) is 5.91 Å². The van der Waals surface area contributed by atoms with Crippen LogP contribution in [0.2, 0.25) is 0 Å². The number of rotatable bonds is 4. The summed E-state index contributed by atoms with van der Waals surface area (Å²) >= 11 is 0. The third-order valence-corrected chi connectivity index (χ3v) is 3.97. The number of furan rings is 1. The second-order valence-corrected chi connectivity index (χ2v) is 5.43. The number of hydrogen-bond acceptors (Lipinski definition) is 3. The van der Waals surface area contributed by atoms with E-state index in [0.717, 1.165) is 12.8 Å².